The lowest BCUT2D eigenvalue weighted by Gasteiger charge is -2.30. The Morgan fingerprint density at radius 2 is 0.905 bits per heavy atom. The quantitative estimate of drug-likeness (QED) is 0.178. The number of benzene rings is 9. The van der Waals surface area contributed by atoms with Crippen LogP contribution >= 0.6 is 11.3 Å². The molecule has 0 bridgehead atoms. The monoisotopic (exact) mass is 818 g/mol. The van der Waals surface area contributed by atoms with E-state index in [9.17, 15) is 0 Å². The fourth-order valence-electron chi connectivity index (χ4n) is 10.9. The van der Waals surface area contributed by atoms with Gasteiger partial charge >= 0.3 is 0 Å². The van der Waals surface area contributed by atoms with Gasteiger partial charge in [0.1, 0.15) is 0 Å². The predicted octanol–water partition coefficient (Wildman–Crippen LogP) is 14.7. The van der Waals surface area contributed by atoms with Crippen LogP contribution in [0, 0.1) is 0 Å². The highest BCUT2D eigenvalue weighted by atomic mass is 32.1. The molecule has 292 valence electrons. The highest BCUT2D eigenvalue weighted by Crippen LogP contribution is 2.63. The molecule has 0 fully saturated rings. The molecule has 12 aromatic rings. The summed E-state index contributed by atoms with van der Waals surface area (Å²) < 4.78 is 4.68. The van der Waals surface area contributed by atoms with Crippen molar-refractivity contribution in [2.45, 2.75) is 5.41 Å². The zero-order valence-corrected chi connectivity index (χ0v) is 34.6. The molecule has 5 heteroatoms. The lowest BCUT2D eigenvalue weighted by Crippen LogP contribution is -2.25. The van der Waals surface area contributed by atoms with Crippen molar-refractivity contribution < 1.29 is 0 Å². The van der Waals surface area contributed by atoms with Gasteiger partial charge in [-0.1, -0.05) is 170 Å². The van der Waals surface area contributed by atoms with Gasteiger partial charge in [0.25, 0.3) is 0 Å². The van der Waals surface area contributed by atoms with Crippen LogP contribution in [0.25, 0.3) is 104 Å². The van der Waals surface area contributed by atoms with E-state index in [1.165, 1.54) is 70.2 Å². The minimum absolute atomic E-state index is 0.401. The van der Waals surface area contributed by atoms with Crippen LogP contribution in [0.15, 0.2) is 206 Å². The fraction of sp³-hybridized carbons (Fsp3) is 0.0172. The Balaban J connectivity index is 0.980. The predicted molar refractivity (Wildman–Crippen MR) is 260 cm³/mol. The molecule has 2 aliphatic rings. The van der Waals surface area contributed by atoms with Gasteiger partial charge in [0.15, 0.2) is 11.6 Å². The van der Waals surface area contributed by atoms with Gasteiger partial charge in [-0.2, -0.15) is 9.97 Å². The summed E-state index contributed by atoms with van der Waals surface area (Å²) in [6.45, 7) is 0. The number of nitrogens with zero attached hydrogens (tertiary/aromatic N) is 4. The highest BCUT2D eigenvalue weighted by Gasteiger charge is 2.51. The van der Waals surface area contributed by atoms with E-state index < -0.39 is 5.41 Å². The van der Waals surface area contributed by atoms with Crippen molar-refractivity contribution in [3.05, 3.63) is 229 Å². The Labute approximate surface area is 367 Å². The Morgan fingerprint density at radius 1 is 0.349 bits per heavy atom. The summed E-state index contributed by atoms with van der Waals surface area (Å²) in [5, 5.41) is 4.67. The van der Waals surface area contributed by atoms with Gasteiger partial charge in [0.2, 0.25) is 5.95 Å². The fourth-order valence-corrected chi connectivity index (χ4v) is 12.0. The third-order valence-electron chi connectivity index (χ3n) is 13.5. The zero-order chi connectivity index (χ0) is 41.2. The number of para-hydroxylation sites is 1. The average molecular weight is 819 g/mol. The second kappa shape index (κ2) is 13.0. The maximum atomic E-state index is 5.37. The molecule has 0 aliphatic heterocycles. The van der Waals surface area contributed by atoms with Crippen molar-refractivity contribution in [1.82, 2.24) is 19.5 Å². The Hall–Kier alpha value is -7.99. The van der Waals surface area contributed by atoms with Crippen LogP contribution in [0.3, 0.4) is 0 Å². The van der Waals surface area contributed by atoms with Gasteiger partial charge in [-0.15, -0.1) is 11.3 Å². The van der Waals surface area contributed by atoms with Gasteiger partial charge in [0.05, 0.1) is 16.4 Å². The molecule has 0 radical (unpaired) electrons. The first-order valence-corrected chi connectivity index (χ1v) is 22.3. The summed E-state index contributed by atoms with van der Waals surface area (Å²) in [5.74, 6) is 1.88. The molecule has 0 amide bonds. The summed E-state index contributed by atoms with van der Waals surface area (Å²) in [7, 11) is 0. The van der Waals surface area contributed by atoms with Crippen molar-refractivity contribution >= 4 is 53.3 Å². The summed E-state index contributed by atoms with van der Waals surface area (Å²) >= 11 is 1.80. The molecule has 63 heavy (non-hydrogen) atoms. The van der Waals surface area contributed by atoms with Gasteiger partial charge in [-0.25, -0.2) is 4.98 Å². The maximum absolute atomic E-state index is 5.37. The van der Waals surface area contributed by atoms with Crippen LogP contribution in [0.1, 0.15) is 22.3 Å². The van der Waals surface area contributed by atoms with Crippen molar-refractivity contribution in [2.75, 3.05) is 0 Å². The molecule has 0 saturated carbocycles. The number of hydrogen-bond acceptors (Lipinski definition) is 4. The molecular formula is C58H34N4S. The minimum Gasteiger partial charge on any atom is -0.278 e. The van der Waals surface area contributed by atoms with Gasteiger partial charge < -0.3 is 0 Å². The van der Waals surface area contributed by atoms with Gasteiger partial charge in [-0.05, 0) is 92.0 Å². The van der Waals surface area contributed by atoms with Crippen LogP contribution in [0.5, 0.6) is 0 Å². The number of fused-ring (bicyclic) bond motifs is 16. The topological polar surface area (TPSA) is 43.6 Å². The van der Waals surface area contributed by atoms with Crippen molar-refractivity contribution in [2.24, 2.45) is 0 Å². The van der Waals surface area contributed by atoms with Crippen molar-refractivity contribution in [3.8, 4) is 62.1 Å². The third kappa shape index (κ3) is 4.77. The standard InChI is InChI=1S/C58H34N4S/c1-2-15-35(16-3-1)55-59-56(44-22-14-28-53-54(44)43-21-8-13-27-52(43)63-53)61-57(60-55)62-50-26-12-7-20-42(50)45-33-36(30-32-51(45)62)37-29-31-41-40-19-6-11-25-48(40)58(49(41)34-37)46-23-9-4-17-38(46)39-18-5-10-24-47(39)58/h1-34H. The van der Waals surface area contributed by atoms with E-state index in [0.29, 0.717) is 17.6 Å². The summed E-state index contributed by atoms with van der Waals surface area (Å²) in [4.78, 5) is 15.8. The normalized spacial score (nSPS) is 13.2. The number of rotatable bonds is 4. The highest BCUT2D eigenvalue weighted by molar-refractivity contribution is 7.25. The van der Waals surface area contributed by atoms with Crippen LogP contribution in [0.2, 0.25) is 0 Å². The van der Waals surface area contributed by atoms with Gasteiger partial charge in [0, 0.05) is 42.1 Å². The van der Waals surface area contributed by atoms with Gasteiger partial charge in [-0.3, -0.25) is 4.57 Å². The van der Waals surface area contributed by atoms with Crippen LogP contribution in [-0.2, 0) is 5.41 Å². The SMILES string of the molecule is c1ccc(-c2nc(-c3cccc4sc5ccccc5c34)nc(-n3c4ccccc4c4cc(-c5ccc6c(c5)C5(c7ccccc7-c7ccccc75)c5ccccc5-6)ccc43)n2)cc1. The van der Waals surface area contributed by atoms with Crippen molar-refractivity contribution in [3.63, 3.8) is 0 Å². The zero-order valence-electron chi connectivity index (χ0n) is 33.8. The van der Waals surface area contributed by atoms with E-state index in [-0.39, 0.29) is 0 Å². The molecule has 3 aromatic heterocycles. The molecule has 2 aliphatic carbocycles. The average Bonchev–Trinajstić information content (AvgIpc) is 4.07. The van der Waals surface area contributed by atoms with E-state index in [4.69, 9.17) is 15.0 Å². The first kappa shape index (κ1) is 34.7. The maximum Gasteiger partial charge on any atom is 0.238 e. The smallest absolute Gasteiger partial charge is 0.238 e. The molecule has 14 rings (SSSR count). The van der Waals surface area contributed by atoms with Crippen LogP contribution in [0.4, 0.5) is 0 Å². The molecule has 4 nitrogen and oxygen atoms in total. The number of hydrogen-bond donors (Lipinski definition) is 0. The summed E-state index contributed by atoms with van der Waals surface area (Å²) in [5.41, 5.74) is 16.6. The number of aromatic nitrogens is 4. The molecule has 1 spiro atoms. The minimum atomic E-state index is -0.401. The Morgan fingerprint density at radius 3 is 1.67 bits per heavy atom. The molecule has 0 saturated heterocycles. The molecule has 0 N–H and O–H groups in total. The van der Waals surface area contributed by atoms with E-state index in [1.54, 1.807) is 11.3 Å². The van der Waals surface area contributed by atoms with E-state index in [2.05, 4.69) is 193 Å². The van der Waals surface area contributed by atoms with Crippen LogP contribution < -0.4 is 0 Å². The largest absolute Gasteiger partial charge is 0.278 e. The van der Waals surface area contributed by atoms with Crippen molar-refractivity contribution in [1.29, 1.82) is 0 Å². The summed E-state index contributed by atoms with van der Waals surface area (Å²) in [6.07, 6.45) is 0. The molecule has 9 aromatic carbocycles. The molecule has 0 atom stereocenters. The summed E-state index contributed by atoms with van der Waals surface area (Å²) in [6, 6.07) is 75.0. The Bertz CT molecular complexity index is 3810. The lowest BCUT2D eigenvalue weighted by atomic mass is 9.70. The van der Waals surface area contributed by atoms with E-state index >= 15 is 0 Å². The number of thiophene rings is 1. The van der Waals surface area contributed by atoms with E-state index in [0.717, 1.165) is 38.5 Å². The van der Waals surface area contributed by atoms with Crippen LogP contribution in [-0.4, -0.2) is 19.5 Å². The molecule has 0 unspecified atom stereocenters. The molecular weight excluding hydrogens is 785 g/mol. The van der Waals surface area contributed by atoms with E-state index in [1.807, 2.05) is 18.2 Å². The third-order valence-corrected chi connectivity index (χ3v) is 14.6. The second-order valence-corrected chi connectivity index (χ2v) is 17.7. The molecule has 3 heterocycles. The lowest BCUT2D eigenvalue weighted by molar-refractivity contribution is 0.794. The first-order chi connectivity index (χ1) is 31.2. The first-order valence-electron chi connectivity index (χ1n) is 21.4. The Kier molecular flexibility index (Phi) is 7.16. The second-order valence-electron chi connectivity index (χ2n) is 16.7.